The molecule has 6 heteroatoms. The van der Waals surface area contributed by atoms with Crippen LogP contribution in [0.3, 0.4) is 0 Å². The van der Waals surface area contributed by atoms with Gasteiger partial charge in [-0.15, -0.1) is 10.2 Å². The molecule has 0 amide bonds. The molecule has 0 saturated heterocycles. The van der Waals surface area contributed by atoms with Crippen molar-refractivity contribution in [2.45, 2.75) is 0 Å². The minimum Gasteiger partial charge on any atom is -0.465 e. The van der Waals surface area contributed by atoms with Crippen molar-refractivity contribution in [2.24, 2.45) is 0 Å². The van der Waals surface area contributed by atoms with Crippen molar-refractivity contribution in [3.63, 3.8) is 0 Å². The lowest BCUT2D eigenvalue weighted by molar-refractivity contribution is 0.0600. The Hall–Kier alpha value is -2.76. The number of hydrogen-bond donors (Lipinski definition) is 0. The Morgan fingerprint density at radius 2 is 2.16 bits per heavy atom. The first-order valence-electron chi connectivity index (χ1n) is 5.63. The van der Waals surface area contributed by atoms with E-state index in [1.54, 1.807) is 35.1 Å². The summed E-state index contributed by atoms with van der Waals surface area (Å²) in [7, 11) is 1.35. The lowest BCUT2D eigenvalue weighted by Crippen LogP contribution is -2.03. The molecule has 0 unspecified atom stereocenters. The Kier molecular flexibility index (Phi) is 2.68. The first kappa shape index (κ1) is 11.3. The summed E-state index contributed by atoms with van der Waals surface area (Å²) in [5.41, 5.74) is 1.93. The third-order valence-electron chi connectivity index (χ3n) is 2.74. The van der Waals surface area contributed by atoms with E-state index < -0.39 is 5.97 Å². The lowest BCUT2D eigenvalue weighted by atomic mass is 10.2. The van der Waals surface area contributed by atoms with Crippen LogP contribution in [0.1, 0.15) is 10.4 Å². The van der Waals surface area contributed by atoms with Crippen molar-refractivity contribution in [1.29, 1.82) is 0 Å². The summed E-state index contributed by atoms with van der Waals surface area (Å²) < 4.78 is 6.44. The number of nitrogens with zero attached hydrogens (tertiary/aromatic N) is 4. The largest absolute Gasteiger partial charge is 0.465 e. The summed E-state index contributed by atoms with van der Waals surface area (Å²) in [5, 5.41) is 8.17. The second-order valence-corrected chi connectivity index (χ2v) is 3.90. The topological polar surface area (TPSA) is 69.4 Å². The average Bonchev–Trinajstić information content (AvgIpc) is 2.90. The standard InChI is InChI=1S/C13H10N4O2/c1-19-13(18)10-4-5-11-15-16-12(17(11)8-10)9-3-2-6-14-7-9/h2-8H,1H3. The zero-order chi connectivity index (χ0) is 13.2. The Morgan fingerprint density at radius 1 is 1.26 bits per heavy atom. The number of carbonyl (C=O) groups is 1. The number of hydrogen-bond acceptors (Lipinski definition) is 5. The van der Waals surface area contributed by atoms with Crippen LogP contribution in [0.4, 0.5) is 0 Å². The fourth-order valence-corrected chi connectivity index (χ4v) is 1.82. The molecule has 94 valence electrons. The highest BCUT2D eigenvalue weighted by atomic mass is 16.5. The van der Waals surface area contributed by atoms with Gasteiger partial charge in [0.25, 0.3) is 0 Å². The summed E-state index contributed by atoms with van der Waals surface area (Å²) >= 11 is 0. The van der Waals surface area contributed by atoms with E-state index in [4.69, 9.17) is 4.74 Å². The predicted octanol–water partition coefficient (Wildman–Crippen LogP) is 1.58. The third kappa shape index (κ3) is 1.93. The molecule has 19 heavy (non-hydrogen) atoms. The van der Waals surface area contributed by atoms with Gasteiger partial charge in [0, 0.05) is 24.2 Å². The molecule has 0 radical (unpaired) electrons. The Labute approximate surface area is 108 Å². The Morgan fingerprint density at radius 3 is 2.89 bits per heavy atom. The number of pyridine rings is 2. The minimum absolute atomic E-state index is 0.396. The number of methoxy groups -OCH3 is 1. The van der Waals surface area contributed by atoms with Gasteiger partial charge in [-0.3, -0.25) is 9.38 Å². The number of ether oxygens (including phenoxy) is 1. The van der Waals surface area contributed by atoms with E-state index in [0.717, 1.165) is 5.56 Å². The van der Waals surface area contributed by atoms with Gasteiger partial charge in [-0.05, 0) is 24.3 Å². The zero-order valence-electron chi connectivity index (χ0n) is 10.1. The molecule has 0 N–H and O–H groups in total. The molecule has 0 aromatic carbocycles. The van der Waals surface area contributed by atoms with Crippen molar-refractivity contribution in [3.8, 4) is 11.4 Å². The smallest absolute Gasteiger partial charge is 0.339 e. The van der Waals surface area contributed by atoms with Crippen LogP contribution >= 0.6 is 0 Å². The second kappa shape index (κ2) is 4.49. The number of carbonyl (C=O) groups excluding carboxylic acids is 1. The van der Waals surface area contributed by atoms with Gasteiger partial charge in [-0.2, -0.15) is 0 Å². The average molecular weight is 254 g/mol. The van der Waals surface area contributed by atoms with Crippen LogP contribution in [0.25, 0.3) is 17.0 Å². The first-order valence-corrected chi connectivity index (χ1v) is 5.63. The summed E-state index contributed by atoms with van der Waals surface area (Å²) in [5.74, 6) is 0.238. The third-order valence-corrected chi connectivity index (χ3v) is 2.74. The predicted molar refractivity (Wildman–Crippen MR) is 67.6 cm³/mol. The Bertz CT molecular complexity index is 737. The second-order valence-electron chi connectivity index (χ2n) is 3.90. The molecule has 3 aromatic rings. The molecular weight excluding hydrogens is 244 g/mol. The van der Waals surface area contributed by atoms with Crippen LogP contribution < -0.4 is 0 Å². The van der Waals surface area contributed by atoms with Gasteiger partial charge in [0.1, 0.15) is 0 Å². The van der Waals surface area contributed by atoms with Crippen molar-refractivity contribution in [1.82, 2.24) is 19.6 Å². The van der Waals surface area contributed by atoms with Crippen molar-refractivity contribution < 1.29 is 9.53 Å². The van der Waals surface area contributed by atoms with E-state index in [0.29, 0.717) is 17.0 Å². The number of aromatic nitrogens is 4. The van der Waals surface area contributed by atoms with Crippen LogP contribution in [0.15, 0.2) is 42.9 Å². The van der Waals surface area contributed by atoms with Crippen LogP contribution in [-0.4, -0.2) is 32.7 Å². The molecule has 3 aromatic heterocycles. The van der Waals surface area contributed by atoms with Gasteiger partial charge in [-0.25, -0.2) is 4.79 Å². The highest BCUT2D eigenvalue weighted by molar-refractivity contribution is 5.89. The molecule has 0 aliphatic heterocycles. The lowest BCUT2D eigenvalue weighted by Gasteiger charge is -2.02. The molecule has 0 fully saturated rings. The number of esters is 1. The molecule has 3 rings (SSSR count). The molecule has 3 heterocycles. The zero-order valence-corrected chi connectivity index (χ0v) is 10.1. The first-order chi connectivity index (χ1) is 9.29. The van der Waals surface area contributed by atoms with Crippen LogP contribution in [0.2, 0.25) is 0 Å². The van der Waals surface area contributed by atoms with Crippen molar-refractivity contribution in [3.05, 3.63) is 48.4 Å². The molecule has 0 aliphatic rings. The summed E-state index contributed by atoms with van der Waals surface area (Å²) in [4.78, 5) is 15.6. The molecule has 0 aliphatic carbocycles. The quantitative estimate of drug-likeness (QED) is 0.649. The molecule has 0 atom stereocenters. The maximum Gasteiger partial charge on any atom is 0.339 e. The fourth-order valence-electron chi connectivity index (χ4n) is 1.82. The molecule has 0 spiro atoms. The van der Waals surface area contributed by atoms with E-state index in [2.05, 4.69) is 15.2 Å². The van der Waals surface area contributed by atoms with E-state index in [1.807, 2.05) is 12.1 Å². The summed E-state index contributed by atoms with van der Waals surface area (Å²) in [6, 6.07) is 7.08. The summed E-state index contributed by atoms with van der Waals surface area (Å²) in [6.45, 7) is 0. The maximum absolute atomic E-state index is 11.5. The molecule has 6 nitrogen and oxygen atoms in total. The van der Waals surface area contributed by atoms with Gasteiger partial charge in [-0.1, -0.05) is 0 Å². The van der Waals surface area contributed by atoms with E-state index in [9.17, 15) is 4.79 Å². The SMILES string of the molecule is COC(=O)c1ccc2nnc(-c3cccnc3)n2c1. The maximum atomic E-state index is 11.5. The van der Waals surface area contributed by atoms with Gasteiger partial charge in [0.2, 0.25) is 0 Å². The van der Waals surface area contributed by atoms with Crippen LogP contribution in [0, 0.1) is 0 Å². The highest BCUT2D eigenvalue weighted by Gasteiger charge is 2.11. The van der Waals surface area contributed by atoms with Gasteiger partial charge < -0.3 is 4.74 Å². The van der Waals surface area contributed by atoms with E-state index in [1.165, 1.54) is 7.11 Å². The molecule has 0 saturated carbocycles. The monoisotopic (exact) mass is 254 g/mol. The summed E-state index contributed by atoms with van der Waals surface area (Å²) in [6.07, 6.45) is 5.04. The van der Waals surface area contributed by atoms with Crippen LogP contribution in [-0.2, 0) is 4.74 Å². The molecular formula is C13H10N4O2. The van der Waals surface area contributed by atoms with E-state index in [-0.39, 0.29) is 0 Å². The number of fused-ring (bicyclic) bond motifs is 1. The Balaban J connectivity index is 2.19. The van der Waals surface area contributed by atoms with Crippen LogP contribution in [0.5, 0.6) is 0 Å². The molecule has 0 bridgehead atoms. The van der Waals surface area contributed by atoms with Gasteiger partial charge in [0.15, 0.2) is 11.5 Å². The van der Waals surface area contributed by atoms with Crippen molar-refractivity contribution >= 4 is 11.6 Å². The fraction of sp³-hybridized carbons (Fsp3) is 0.0769. The van der Waals surface area contributed by atoms with E-state index >= 15 is 0 Å². The number of rotatable bonds is 2. The highest BCUT2D eigenvalue weighted by Crippen LogP contribution is 2.17. The van der Waals surface area contributed by atoms with Crippen molar-refractivity contribution in [2.75, 3.05) is 7.11 Å². The van der Waals surface area contributed by atoms with Gasteiger partial charge in [0.05, 0.1) is 12.7 Å². The van der Waals surface area contributed by atoms with Gasteiger partial charge >= 0.3 is 5.97 Å². The normalized spacial score (nSPS) is 10.6. The minimum atomic E-state index is -0.396.